The lowest BCUT2D eigenvalue weighted by molar-refractivity contribution is -0.161. The molecular formula is C83H148O17P2. The predicted octanol–water partition coefficient (Wildman–Crippen LogP) is 23.8. The third-order valence-electron chi connectivity index (χ3n) is 17.3. The number of phosphoric ester groups is 2. The van der Waals surface area contributed by atoms with Crippen LogP contribution in [-0.4, -0.2) is 96.7 Å². The molecule has 0 aromatic heterocycles. The Kier molecular flexibility index (Phi) is 72.7. The molecule has 0 fully saturated rings. The highest BCUT2D eigenvalue weighted by atomic mass is 31.2. The van der Waals surface area contributed by atoms with Crippen LogP contribution in [0.15, 0.2) is 85.1 Å². The minimum atomic E-state index is -4.98. The van der Waals surface area contributed by atoms with Crippen LogP contribution in [0.5, 0.6) is 0 Å². The van der Waals surface area contributed by atoms with Gasteiger partial charge in [0.2, 0.25) is 0 Å². The van der Waals surface area contributed by atoms with Crippen LogP contribution < -0.4 is 0 Å². The van der Waals surface area contributed by atoms with Gasteiger partial charge in [-0.15, -0.1) is 0 Å². The van der Waals surface area contributed by atoms with E-state index in [2.05, 4.69) is 113 Å². The summed E-state index contributed by atoms with van der Waals surface area (Å²) in [4.78, 5) is 73.0. The molecule has 0 saturated carbocycles. The van der Waals surface area contributed by atoms with Crippen LogP contribution in [0.25, 0.3) is 0 Å². The van der Waals surface area contributed by atoms with Gasteiger partial charge in [-0.1, -0.05) is 299 Å². The van der Waals surface area contributed by atoms with Gasteiger partial charge in [0.15, 0.2) is 12.2 Å². The molecule has 0 aromatic rings. The summed E-state index contributed by atoms with van der Waals surface area (Å²) >= 11 is 0. The van der Waals surface area contributed by atoms with E-state index < -0.39 is 97.5 Å². The van der Waals surface area contributed by atoms with E-state index in [1.54, 1.807) is 0 Å². The summed E-state index contributed by atoms with van der Waals surface area (Å²) < 4.78 is 68.6. The van der Waals surface area contributed by atoms with Crippen LogP contribution in [0.4, 0.5) is 0 Å². The summed E-state index contributed by atoms with van der Waals surface area (Å²) in [6.45, 7) is 4.75. The van der Waals surface area contributed by atoms with Gasteiger partial charge in [0.05, 0.1) is 26.4 Å². The molecule has 592 valence electrons. The Morgan fingerprint density at radius 3 is 0.814 bits per heavy atom. The lowest BCUT2D eigenvalue weighted by atomic mass is 10.0. The average molecular weight is 1480 g/mol. The van der Waals surface area contributed by atoms with Gasteiger partial charge in [-0.25, -0.2) is 9.13 Å². The van der Waals surface area contributed by atoms with Crippen LogP contribution in [0, 0.1) is 0 Å². The maximum absolute atomic E-state index is 13.1. The molecule has 0 aliphatic carbocycles. The number of unbranched alkanes of at least 4 members (excludes halogenated alkanes) is 37. The van der Waals surface area contributed by atoms with Gasteiger partial charge in [0.25, 0.3) is 0 Å². The second-order valence-corrected chi connectivity index (χ2v) is 30.2. The van der Waals surface area contributed by atoms with Gasteiger partial charge >= 0.3 is 39.5 Å². The fourth-order valence-corrected chi connectivity index (χ4v) is 12.7. The lowest BCUT2D eigenvalue weighted by Crippen LogP contribution is -2.30. The number of rotatable bonds is 77. The van der Waals surface area contributed by atoms with Gasteiger partial charge in [-0.3, -0.25) is 37.3 Å². The second kappa shape index (κ2) is 75.5. The van der Waals surface area contributed by atoms with Crippen LogP contribution in [0.2, 0.25) is 0 Å². The average Bonchev–Trinajstić information content (AvgIpc) is 0.919. The smallest absolute Gasteiger partial charge is 0.462 e. The third-order valence-corrected chi connectivity index (χ3v) is 19.2. The highest BCUT2D eigenvalue weighted by Gasteiger charge is 2.30. The van der Waals surface area contributed by atoms with Gasteiger partial charge in [0, 0.05) is 25.7 Å². The SMILES string of the molecule is CC/C=C\C/C=C\C/C=C\CCCCCCCC(=O)OCC(COP(=O)(O)OCC(O)COP(=O)(O)OCC(COC(=O)CCCCCCCC/C=C\C/C=C\C/C=C\CCCCC)OC(=O)CCCCCCCCCCCCCCC)OC(=O)CCCCCCC/C=C\CCCCCCCC. The third kappa shape index (κ3) is 74.5. The van der Waals surface area contributed by atoms with E-state index >= 15 is 0 Å². The first-order valence-electron chi connectivity index (χ1n) is 40.8. The zero-order valence-electron chi connectivity index (χ0n) is 64.8. The number of aliphatic hydroxyl groups is 1. The topological polar surface area (TPSA) is 237 Å². The Morgan fingerprint density at radius 2 is 0.510 bits per heavy atom. The van der Waals surface area contributed by atoms with Crippen LogP contribution in [-0.2, 0) is 65.4 Å². The number of esters is 4. The highest BCUT2D eigenvalue weighted by molar-refractivity contribution is 7.47. The molecule has 0 bridgehead atoms. The standard InChI is InChI=1S/C83H148O17P2/c1-5-9-13-17-21-25-29-33-36-37-38-39-42-45-48-52-56-60-64-68-81(86)94-73-78(99-82(87)69-65-61-57-53-49-43-32-28-24-20-16-12-8-4)75-97-101(89,90)95-71-77(84)72-96-102(91,92)98-76-79(100-83(88)70-66-62-58-54-50-46-41-35-31-27-23-19-15-11-7-3)74-93-80(85)67-63-59-55-51-47-44-40-34-30-26-22-18-14-10-6-2/h10,14,21-22,25-26,33-36,38-41,77-79,84H,5-9,11-13,15-20,23-24,27-32,37,42-76H2,1-4H3,(H,89,90)(H,91,92)/b14-10-,25-21-,26-22-,36-33-,39-38-,40-34-,41-35-. The summed E-state index contributed by atoms with van der Waals surface area (Å²) in [5.41, 5.74) is 0. The molecular weight excluding hydrogens is 1330 g/mol. The van der Waals surface area contributed by atoms with Crippen molar-refractivity contribution in [2.75, 3.05) is 39.6 Å². The molecule has 0 amide bonds. The van der Waals surface area contributed by atoms with Crippen molar-refractivity contribution in [2.45, 2.75) is 380 Å². The van der Waals surface area contributed by atoms with Gasteiger partial charge < -0.3 is 33.8 Å². The van der Waals surface area contributed by atoms with E-state index in [9.17, 15) is 43.2 Å². The second-order valence-electron chi connectivity index (χ2n) is 27.3. The summed E-state index contributed by atoms with van der Waals surface area (Å²) in [7, 11) is -9.96. The van der Waals surface area contributed by atoms with Crippen LogP contribution >= 0.6 is 15.6 Å². The Bertz CT molecular complexity index is 2260. The number of ether oxygens (including phenoxy) is 4. The van der Waals surface area contributed by atoms with Crippen LogP contribution in [0.1, 0.15) is 362 Å². The zero-order chi connectivity index (χ0) is 74.6. The van der Waals surface area contributed by atoms with Gasteiger partial charge in [-0.2, -0.15) is 0 Å². The molecule has 0 spiro atoms. The number of carbonyl (C=O) groups excluding carboxylic acids is 4. The number of carbonyl (C=O) groups is 4. The predicted molar refractivity (Wildman–Crippen MR) is 418 cm³/mol. The largest absolute Gasteiger partial charge is 0.472 e. The van der Waals surface area contributed by atoms with Gasteiger partial charge in [-0.05, 0) is 122 Å². The summed E-state index contributed by atoms with van der Waals surface area (Å²) in [6, 6.07) is 0. The van der Waals surface area contributed by atoms with E-state index in [1.165, 1.54) is 109 Å². The molecule has 0 aromatic carbocycles. The highest BCUT2D eigenvalue weighted by Crippen LogP contribution is 2.45. The molecule has 0 aliphatic heterocycles. The van der Waals surface area contributed by atoms with Crippen LogP contribution in [0.3, 0.4) is 0 Å². The molecule has 0 radical (unpaired) electrons. The Hall–Kier alpha value is -3.76. The van der Waals surface area contributed by atoms with Crippen molar-refractivity contribution >= 4 is 39.5 Å². The van der Waals surface area contributed by atoms with Crippen molar-refractivity contribution in [3.8, 4) is 0 Å². The monoisotopic (exact) mass is 1480 g/mol. The van der Waals surface area contributed by atoms with Crippen molar-refractivity contribution in [1.29, 1.82) is 0 Å². The minimum absolute atomic E-state index is 0.0830. The first-order chi connectivity index (χ1) is 49.7. The van der Waals surface area contributed by atoms with E-state index in [0.29, 0.717) is 25.7 Å². The number of allylic oxidation sites excluding steroid dienone is 14. The number of aliphatic hydroxyl groups excluding tert-OH is 1. The normalized spacial score (nSPS) is 14.3. The molecule has 0 rings (SSSR count). The van der Waals surface area contributed by atoms with E-state index in [-0.39, 0.29) is 25.7 Å². The molecule has 0 saturated heterocycles. The number of phosphoric acid groups is 2. The lowest BCUT2D eigenvalue weighted by Gasteiger charge is -2.21. The fourth-order valence-electron chi connectivity index (χ4n) is 11.1. The molecule has 0 heterocycles. The summed E-state index contributed by atoms with van der Waals surface area (Å²) in [5.74, 6) is -2.19. The van der Waals surface area contributed by atoms with Crippen molar-refractivity contribution < 1.29 is 80.2 Å². The number of hydrogen-bond acceptors (Lipinski definition) is 15. The summed E-state index contributed by atoms with van der Waals surface area (Å²) in [5, 5.41) is 10.6. The first-order valence-corrected chi connectivity index (χ1v) is 43.8. The Labute approximate surface area is 621 Å². The maximum atomic E-state index is 13.1. The van der Waals surface area contributed by atoms with E-state index in [1.807, 2.05) is 0 Å². The quantitative estimate of drug-likeness (QED) is 0.0169. The van der Waals surface area contributed by atoms with Crippen molar-refractivity contribution in [1.82, 2.24) is 0 Å². The molecule has 5 atom stereocenters. The Balaban J connectivity index is 5.34. The first kappa shape index (κ1) is 98.2. The summed E-state index contributed by atoms with van der Waals surface area (Å²) in [6.07, 6.45) is 78.4. The molecule has 17 nitrogen and oxygen atoms in total. The molecule has 5 unspecified atom stereocenters. The van der Waals surface area contributed by atoms with Crippen molar-refractivity contribution in [3.05, 3.63) is 85.1 Å². The molecule has 19 heteroatoms. The minimum Gasteiger partial charge on any atom is -0.462 e. The fraction of sp³-hybridized carbons (Fsp3) is 0.783. The zero-order valence-corrected chi connectivity index (χ0v) is 66.6. The molecule has 3 N–H and O–H groups in total. The molecule has 102 heavy (non-hydrogen) atoms. The molecule has 0 aliphatic rings. The Morgan fingerprint density at radius 1 is 0.284 bits per heavy atom. The van der Waals surface area contributed by atoms with E-state index in [4.69, 9.17) is 37.0 Å². The number of hydrogen-bond donors (Lipinski definition) is 3. The van der Waals surface area contributed by atoms with Gasteiger partial charge in [0.1, 0.15) is 19.3 Å². The van der Waals surface area contributed by atoms with Crippen molar-refractivity contribution in [2.24, 2.45) is 0 Å². The van der Waals surface area contributed by atoms with E-state index in [0.717, 1.165) is 173 Å². The maximum Gasteiger partial charge on any atom is 0.472 e. The van der Waals surface area contributed by atoms with Crippen molar-refractivity contribution in [3.63, 3.8) is 0 Å².